The Morgan fingerprint density at radius 2 is 1.08 bits per heavy atom. The van der Waals surface area contributed by atoms with Crippen LogP contribution in [0.1, 0.15) is 25.0 Å². The molecule has 13 rings (SSSR count). The molecule has 0 saturated carbocycles. The monoisotopic (exact) mass is 799 g/mol. The second kappa shape index (κ2) is 12.8. The third-order valence-electron chi connectivity index (χ3n) is 13.1. The van der Waals surface area contributed by atoms with Crippen molar-refractivity contribution in [1.82, 2.24) is 0 Å². The third-order valence-corrected chi connectivity index (χ3v) is 14.3. The van der Waals surface area contributed by atoms with Crippen molar-refractivity contribution < 1.29 is 8.83 Å². The fraction of sp³-hybridized carbons (Fsp3) is 0.0526. The number of fused-ring (bicyclic) bond motifs is 13. The smallest absolute Gasteiger partial charge is 0.159 e. The van der Waals surface area contributed by atoms with Crippen LogP contribution in [0.4, 0.5) is 17.1 Å². The van der Waals surface area contributed by atoms with E-state index in [1.165, 1.54) is 59.1 Å². The van der Waals surface area contributed by atoms with Gasteiger partial charge in [-0.2, -0.15) is 0 Å². The van der Waals surface area contributed by atoms with Crippen molar-refractivity contribution in [3.05, 3.63) is 199 Å². The lowest BCUT2D eigenvalue weighted by molar-refractivity contribution is 0.660. The summed E-state index contributed by atoms with van der Waals surface area (Å²) in [6, 6.07) is 68.1. The number of furan rings is 2. The lowest BCUT2D eigenvalue weighted by Crippen LogP contribution is -2.16. The van der Waals surface area contributed by atoms with E-state index in [9.17, 15) is 0 Å². The normalized spacial score (nSPS) is 13.2. The predicted octanol–water partition coefficient (Wildman–Crippen LogP) is 17.0. The molecule has 0 spiro atoms. The number of rotatable bonds is 5. The number of thiophene rings is 1. The first-order valence-electron chi connectivity index (χ1n) is 20.9. The van der Waals surface area contributed by atoms with Crippen LogP contribution in [0.15, 0.2) is 197 Å². The fourth-order valence-electron chi connectivity index (χ4n) is 10.2. The van der Waals surface area contributed by atoms with Crippen molar-refractivity contribution >= 4 is 92.4 Å². The summed E-state index contributed by atoms with van der Waals surface area (Å²) in [5.74, 6) is 0. The van der Waals surface area contributed by atoms with E-state index < -0.39 is 0 Å². The van der Waals surface area contributed by atoms with Crippen molar-refractivity contribution in [2.24, 2.45) is 0 Å². The molecule has 1 aliphatic rings. The van der Waals surface area contributed by atoms with E-state index >= 15 is 0 Å². The Balaban J connectivity index is 1.13. The molecule has 0 saturated heterocycles. The van der Waals surface area contributed by atoms with Gasteiger partial charge in [-0.1, -0.05) is 141 Å². The van der Waals surface area contributed by atoms with Gasteiger partial charge in [0.25, 0.3) is 0 Å². The van der Waals surface area contributed by atoms with Crippen molar-refractivity contribution in [2.75, 3.05) is 4.90 Å². The summed E-state index contributed by atoms with van der Waals surface area (Å²) in [6.07, 6.45) is 0. The van der Waals surface area contributed by atoms with Gasteiger partial charge in [-0.25, -0.2) is 0 Å². The lowest BCUT2D eigenvalue weighted by Gasteiger charge is -2.28. The van der Waals surface area contributed by atoms with E-state index in [1.807, 2.05) is 17.4 Å². The Morgan fingerprint density at radius 1 is 0.426 bits per heavy atom. The molecule has 0 aliphatic heterocycles. The second-order valence-corrected chi connectivity index (χ2v) is 17.9. The third kappa shape index (κ3) is 5.03. The molecule has 3 nitrogen and oxygen atoms in total. The molecular formula is C57H37NO2S. The Kier molecular flexibility index (Phi) is 7.23. The molecule has 0 unspecified atom stereocenters. The Morgan fingerprint density at radius 3 is 1.95 bits per heavy atom. The van der Waals surface area contributed by atoms with Crippen LogP contribution in [0.5, 0.6) is 0 Å². The molecule has 0 bridgehead atoms. The summed E-state index contributed by atoms with van der Waals surface area (Å²) in [4.78, 5) is 2.41. The van der Waals surface area contributed by atoms with E-state index in [4.69, 9.17) is 8.83 Å². The van der Waals surface area contributed by atoms with E-state index in [0.29, 0.717) is 0 Å². The zero-order valence-electron chi connectivity index (χ0n) is 33.6. The van der Waals surface area contributed by atoms with Crippen LogP contribution in [0.2, 0.25) is 0 Å². The molecule has 0 amide bonds. The predicted molar refractivity (Wildman–Crippen MR) is 257 cm³/mol. The molecule has 1 aliphatic carbocycles. The van der Waals surface area contributed by atoms with E-state index in [0.717, 1.165) is 66.5 Å². The number of hydrogen-bond donors (Lipinski definition) is 0. The van der Waals surface area contributed by atoms with Crippen LogP contribution < -0.4 is 4.90 Å². The van der Waals surface area contributed by atoms with Crippen molar-refractivity contribution in [3.8, 4) is 33.4 Å². The Hall–Kier alpha value is -7.40. The average molecular weight is 800 g/mol. The molecule has 12 aromatic rings. The van der Waals surface area contributed by atoms with Gasteiger partial charge >= 0.3 is 0 Å². The van der Waals surface area contributed by atoms with Crippen LogP contribution in [0.25, 0.3) is 97.4 Å². The average Bonchev–Trinajstić information content (AvgIpc) is 4.05. The summed E-state index contributed by atoms with van der Waals surface area (Å²) >= 11 is 1.86. The van der Waals surface area contributed by atoms with Crippen molar-refractivity contribution in [2.45, 2.75) is 19.3 Å². The van der Waals surface area contributed by atoms with E-state index in [2.05, 4.69) is 201 Å². The zero-order chi connectivity index (χ0) is 40.4. The summed E-state index contributed by atoms with van der Waals surface area (Å²) < 4.78 is 16.2. The number of hydrogen-bond acceptors (Lipinski definition) is 4. The molecular weight excluding hydrogens is 763 g/mol. The van der Waals surface area contributed by atoms with Crippen LogP contribution in [-0.4, -0.2) is 0 Å². The first-order valence-corrected chi connectivity index (χ1v) is 21.7. The van der Waals surface area contributed by atoms with Crippen molar-refractivity contribution in [1.29, 1.82) is 0 Å². The van der Waals surface area contributed by atoms with Crippen LogP contribution in [0, 0.1) is 0 Å². The number of para-hydroxylation sites is 1. The van der Waals surface area contributed by atoms with Gasteiger partial charge in [0, 0.05) is 58.5 Å². The molecule has 4 heteroatoms. The van der Waals surface area contributed by atoms with Crippen molar-refractivity contribution in [3.63, 3.8) is 0 Å². The fourth-order valence-corrected chi connectivity index (χ4v) is 11.4. The van der Waals surface area contributed by atoms with Gasteiger partial charge in [0.2, 0.25) is 0 Å². The Bertz CT molecular complexity index is 3740. The van der Waals surface area contributed by atoms with Crippen LogP contribution in [0.3, 0.4) is 0 Å². The van der Waals surface area contributed by atoms with E-state index in [1.54, 1.807) is 0 Å². The summed E-state index contributed by atoms with van der Waals surface area (Å²) in [7, 11) is 0. The summed E-state index contributed by atoms with van der Waals surface area (Å²) in [6.45, 7) is 4.70. The van der Waals surface area contributed by atoms with Gasteiger partial charge in [-0.3, -0.25) is 0 Å². The number of anilines is 3. The highest BCUT2D eigenvalue weighted by molar-refractivity contribution is 7.26. The van der Waals surface area contributed by atoms with Gasteiger partial charge in [0.15, 0.2) is 5.58 Å². The zero-order valence-corrected chi connectivity index (χ0v) is 34.4. The maximum atomic E-state index is 7.16. The van der Waals surface area contributed by atoms with E-state index in [-0.39, 0.29) is 5.41 Å². The number of nitrogens with zero attached hydrogens (tertiary/aromatic N) is 1. The quantitative estimate of drug-likeness (QED) is 0.174. The SMILES string of the molecule is CC1(C)c2ccccc2-c2ccc(N(c3ccc(-c4ccccc4)cc3)c3cc(-c4cccc5c4sc4ccccc45)cc4c3oc3ccc5oc6ccccc6c5c34)cc21. The second-order valence-electron chi connectivity index (χ2n) is 16.8. The maximum Gasteiger partial charge on any atom is 0.159 e. The van der Waals surface area contributed by atoms with Crippen LogP contribution in [-0.2, 0) is 5.41 Å². The molecule has 0 radical (unpaired) electrons. The molecule has 3 aromatic heterocycles. The minimum atomic E-state index is -0.175. The lowest BCUT2D eigenvalue weighted by atomic mass is 9.82. The van der Waals surface area contributed by atoms with Crippen LogP contribution >= 0.6 is 11.3 Å². The number of benzene rings is 9. The minimum absolute atomic E-state index is 0.175. The first kappa shape index (κ1) is 34.5. The van der Waals surface area contributed by atoms with Gasteiger partial charge < -0.3 is 13.7 Å². The highest BCUT2D eigenvalue weighted by atomic mass is 32.1. The highest BCUT2D eigenvalue weighted by Crippen LogP contribution is 2.53. The molecule has 288 valence electrons. The minimum Gasteiger partial charge on any atom is -0.456 e. The molecule has 61 heavy (non-hydrogen) atoms. The standard InChI is InChI=1S/C57H37NO2S/c1-57(2)46-20-9-6-15-40(46)41-28-27-38(33-47(41)57)58(37-25-23-35(24-26-37)34-13-4-3-5-14-34)48-32-36(39-18-12-19-43-42-16-8-11-22-52(42)61-56(39)43)31-45-54-51(60-55(45)48)30-29-50-53(54)44-17-7-10-21-49(44)59-50/h3-33H,1-2H3. The first-order chi connectivity index (χ1) is 30.0. The molecule has 9 aromatic carbocycles. The molecule has 0 fully saturated rings. The largest absolute Gasteiger partial charge is 0.456 e. The summed E-state index contributed by atoms with van der Waals surface area (Å²) in [5.41, 5.74) is 16.3. The molecule has 0 atom stereocenters. The maximum absolute atomic E-state index is 7.16. The topological polar surface area (TPSA) is 29.5 Å². The Labute approximate surface area is 356 Å². The van der Waals surface area contributed by atoms with Gasteiger partial charge in [0.1, 0.15) is 16.7 Å². The molecule has 3 heterocycles. The van der Waals surface area contributed by atoms with Gasteiger partial charge in [-0.15, -0.1) is 11.3 Å². The van der Waals surface area contributed by atoms with Gasteiger partial charge in [-0.05, 0) is 105 Å². The molecule has 0 N–H and O–H groups in total. The highest BCUT2D eigenvalue weighted by Gasteiger charge is 2.36. The summed E-state index contributed by atoms with van der Waals surface area (Å²) in [5, 5.41) is 6.83. The van der Waals surface area contributed by atoms with Gasteiger partial charge in [0.05, 0.1) is 5.69 Å².